The maximum Gasteiger partial charge on any atom is 0.291 e. The highest BCUT2D eigenvalue weighted by Gasteiger charge is 2.12. The van der Waals surface area contributed by atoms with Crippen molar-refractivity contribution in [2.45, 2.75) is 11.9 Å². The van der Waals surface area contributed by atoms with Crippen molar-refractivity contribution in [2.24, 2.45) is 0 Å². The van der Waals surface area contributed by atoms with E-state index < -0.39 is 0 Å². The number of fused-ring (bicyclic) bond motifs is 1. The van der Waals surface area contributed by atoms with Crippen LogP contribution in [-0.2, 0) is 0 Å². The van der Waals surface area contributed by atoms with Crippen LogP contribution < -0.4 is 5.56 Å². The summed E-state index contributed by atoms with van der Waals surface area (Å²) in [5.74, 6) is 0. The summed E-state index contributed by atoms with van der Waals surface area (Å²) in [6.45, 7) is 1.83. The third-order valence-electron chi connectivity index (χ3n) is 2.01. The van der Waals surface area contributed by atoms with Gasteiger partial charge >= 0.3 is 0 Å². The number of aromatic amines is 1. The van der Waals surface area contributed by atoms with Crippen molar-refractivity contribution in [1.82, 2.24) is 14.6 Å². The third-order valence-corrected chi connectivity index (χ3v) is 2.70. The van der Waals surface area contributed by atoms with Crippen molar-refractivity contribution in [3.63, 3.8) is 0 Å². The molecule has 2 heterocycles. The Kier molecular flexibility index (Phi) is 2.25. The summed E-state index contributed by atoms with van der Waals surface area (Å²) in [5, 5.41) is 12.2. The highest BCUT2D eigenvalue weighted by molar-refractivity contribution is 7.98. The van der Waals surface area contributed by atoms with E-state index in [-0.39, 0.29) is 11.1 Å². The maximum absolute atomic E-state index is 11.8. The molecule has 5 nitrogen and oxygen atoms in total. The zero-order valence-corrected chi connectivity index (χ0v) is 9.05. The van der Waals surface area contributed by atoms with E-state index >= 15 is 0 Å². The van der Waals surface area contributed by atoms with Crippen molar-refractivity contribution in [2.75, 3.05) is 6.26 Å². The molecule has 0 amide bonds. The topological polar surface area (TPSA) is 74.0 Å². The lowest BCUT2D eigenvalue weighted by molar-refractivity contribution is 0.854. The lowest BCUT2D eigenvalue weighted by Gasteiger charge is -1.98. The molecule has 0 aliphatic heterocycles. The van der Waals surface area contributed by atoms with Gasteiger partial charge in [-0.1, -0.05) is 0 Å². The maximum atomic E-state index is 11.8. The van der Waals surface area contributed by atoms with Gasteiger partial charge in [0.1, 0.15) is 11.1 Å². The van der Waals surface area contributed by atoms with Gasteiger partial charge in [0, 0.05) is 11.8 Å². The third kappa shape index (κ3) is 1.41. The predicted octanol–water partition coefficient (Wildman–Crippen LogP) is 0.925. The quantitative estimate of drug-likeness (QED) is 0.573. The summed E-state index contributed by atoms with van der Waals surface area (Å²) in [5.41, 5.74) is 1.12. The Labute approximate surface area is 89.7 Å². The summed E-state index contributed by atoms with van der Waals surface area (Å²) in [6.07, 6.45) is 1.79. The summed E-state index contributed by atoms with van der Waals surface area (Å²) in [7, 11) is 0. The molecule has 0 aromatic carbocycles. The van der Waals surface area contributed by atoms with E-state index in [9.17, 15) is 4.79 Å². The molecule has 0 aliphatic carbocycles. The summed E-state index contributed by atoms with van der Waals surface area (Å²) < 4.78 is 1.29. The fraction of sp³-hybridized carbons (Fsp3) is 0.222. The van der Waals surface area contributed by atoms with Crippen LogP contribution in [0.25, 0.3) is 5.65 Å². The number of nitrogens with one attached hydrogen (secondary N) is 1. The van der Waals surface area contributed by atoms with E-state index in [4.69, 9.17) is 5.26 Å². The summed E-state index contributed by atoms with van der Waals surface area (Å²) >= 11 is 1.30. The van der Waals surface area contributed by atoms with E-state index in [2.05, 4.69) is 10.1 Å². The first-order chi connectivity index (χ1) is 7.17. The van der Waals surface area contributed by atoms with Crippen LogP contribution in [0.5, 0.6) is 0 Å². The number of H-pyrrole nitrogens is 1. The number of hydrogen-bond acceptors (Lipinski definition) is 4. The van der Waals surface area contributed by atoms with Gasteiger partial charge in [0.05, 0.1) is 0 Å². The molecule has 1 N–H and O–H groups in total. The largest absolute Gasteiger partial charge is 0.294 e. The van der Waals surface area contributed by atoms with E-state index in [0.29, 0.717) is 10.7 Å². The molecular weight excluding hydrogens is 212 g/mol. The molecule has 0 saturated heterocycles. The fourth-order valence-corrected chi connectivity index (χ4v) is 1.89. The normalized spacial score (nSPS) is 10.5. The molecule has 2 aromatic heterocycles. The molecule has 0 bridgehead atoms. The minimum atomic E-state index is -0.347. The van der Waals surface area contributed by atoms with Gasteiger partial charge in [-0.25, -0.2) is 9.50 Å². The van der Waals surface area contributed by atoms with Crippen LogP contribution >= 0.6 is 11.8 Å². The molecule has 6 heteroatoms. The number of hydrogen-bond donors (Lipinski definition) is 1. The number of aryl methyl sites for hydroxylation is 1. The summed E-state index contributed by atoms with van der Waals surface area (Å²) in [4.78, 5) is 16.0. The van der Waals surface area contributed by atoms with Crippen molar-refractivity contribution < 1.29 is 0 Å². The van der Waals surface area contributed by atoms with Gasteiger partial charge < -0.3 is 0 Å². The van der Waals surface area contributed by atoms with Gasteiger partial charge in [0.15, 0.2) is 11.2 Å². The molecule has 0 fully saturated rings. The number of nitriles is 1. The minimum absolute atomic E-state index is 0.0850. The standard InChI is InChI=1S/C9H8N4OS/c1-5-3-7-11-8(15-2)6(4-10)9(14)13(7)12-5/h3,12H,1-2H3. The monoisotopic (exact) mass is 220 g/mol. The molecule has 2 rings (SSSR count). The van der Waals surface area contributed by atoms with E-state index in [1.54, 1.807) is 12.3 Å². The number of nitrogens with zero attached hydrogens (tertiary/aromatic N) is 3. The van der Waals surface area contributed by atoms with Crippen LogP contribution in [0, 0.1) is 18.3 Å². The molecular formula is C9H8N4OS. The molecule has 0 radical (unpaired) electrons. The SMILES string of the molecule is CSc1nc2cc(C)[nH]n2c(=O)c1C#N. The number of thioether (sulfide) groups is 1. The first kappa shape index (κ1) is 9.80. The van der Waals surface area contributed by atoms with Gasteiger partial charge in [-0.3, -0.25) is 9.89 Å². The zero-order valence-electron chi connectivity index (χ0n) is 8.24. The van der Waals surface area contributed by atoms with Gasteiger partial charge in [-0.05, 0) is 13.2 Å². The molecule has 15 heavy (non-hydrogen) atoms. The second kappa shape index (κ2) is 3.44. The molecule has 76 valence electrons. The van der Waals surface area contributed by atoms with Crippen molar-refractivity contribution in [3.05, 3.63) is 27.7 Å². The van der Waals surface area contributed by atoms with Crippen LogP contribution in [0.1, 0.15) is 11.3 Å². The Morgan fingerprint density at radius 1 is 1.67 bits per heavy atom. The molecule has 0 spiro atoms. The molecule has 2 aromatic rings. The Bertz CT molecular complexity index is 619. The van der Waals surface area contributed by atoms with E-state index in [1.165, 1.54) is 16.3 Å². The Morgan fingerprint density at radius 2 is 2.40 bits per heavy atom. The molecule has 0 saturated carbocycles. The highest BCUT2D eigenvalue weighted by Crippen LogP contribution is 2.15. The zero-order chi connectivity index (χ0) is 11.0. The van der Waals surface area contributed by atoms with Gasteiger partial charge in [-0.15, -0.1) is 11.8 Å². The van der Waals surface area contributed by atoms with Crippen LogP contribution in [0.2, 0.25) is 0 Å². The lowest BCUT2D eigenvalue weighted by Crippen LogP contribution is -2.19. The smallest absolute Gasteiger partial charge is 0.291 e. The number of rotatable bonds is 1. The second-order valence-corrected chi connectivity index (χ2v) is 3.84. The van der Waals surface area contributed by atoms with Gasteiger partial charge in [0.2, 0.25) is 0 Å². The Hall–Kier alpha value is -1.74. The number of aromatic nitrogens is 3. The van der Waals surface area contributed by atoms with Crippen molar-refractivity contribution in [1.29, 1.82) is 5.26 Å². The lowest BCUT2D eigenvalue weighted by atomic mass is 10.4. The molecule has 0 aliphatic rings. The van der Waals surface area contributed by atoms with E-state index in [0.717, 1.165) is 5.69 Å². The minimum Gasteiger partial charge on any atom is -0.294 e. The van der Waals surface area contributed by atoms with Gasteiger partial charge in [0.25, 0.3) is 5.56 Å². The Balaban J connectivity index is 2.95. The van der Waals surface area contributed by atoms with E-state index in [1.807, 2.05) is 13.0 Å². The fourth-order valence-electron chi connectivity index (χ4n) is 1.37. The van der Waals surface area contributed by atoms with Crippen molar-refractivity contribution in [3.8, 4) is 6.07 Å². The summed E-state index contributed by atoms with van der Waals surface area (Å²) in [6, 6.07) is 3.65. The van der Waals surface area contributed by atoms with Crippen LogP contribution in [-0.4, -0.2) is 20.9 Å². The average molecular weight is 220 g/mol. The highest BCUT2D eigenvalue weighted by atomic mass is 32.2. The average Bonchev–Trinajstić information content (AvgIpc) is 2.59. The second-order valence-electron chi connectivity index (χ2n) is 3.05. The first-order valence-electron chi connectivity index (χ1n) is 4.24. The van der Waals surface area contributed by atoms with Crippen LogP contribution in [0.3, 0.4) is 0 Å². The molecule has 0 unspecified atom stereocenters. The first-order valence-corrected chi connectivity index (χ1v) is 5.46. The van der Waals surface area contributed by atoms with Crippen molar-refractivity contribution >= 4 is 17.4 Å². The van der Waals surface area contributed by atoms with Crippen LogP contribution in [0.4, 0.5) is 0 Å². The molecule has 0 atom stereocenters. The Morgan fingerprint density at radius 3 is 3.00 bits per heavy atom. The van der Waals surface area contributed by atoms with Crippen LogP contribution in [0.15, 0.2) is 15.9 Å². The predicted molar refractivity (Wildman–Crippen MR) is 57.0 cm³/mol. The van der Waals surface area contributed by atoms with Gasteiger partial charge in [-0.2, -0.15) is 5.26 Å².